The number of hydrogen-bond acceptors (Lipinski definition) is 3. The fraction of sp³-hybridized carbons (Fsp3) is 0.455. The summed E-state index contributed by atoms with van der Waals surface area (Å²) >= 11 is 6.10. The van der Waals surface area contributed by atoms with Crippen LogP contribution in [0.4, 0.5) is 0 Å². The standard InChI is InChI=1S/C11H16ClNO2/c1-11(6-13,7-14)9-4-3-8(15-2)5-10(9)12/h3-5,14H,6-7,13H2,1-2H3. The lowest BCUT2D eigenvalue weighted by Crippen LogP contribution is -2.35. The largest absolute Gasteiger partial charge is 0.497 e. The molecule has 1 aromatic carbocycles. The predicted octanol–water partition coefficient (Wildman–Crippen LogP) is 1.56. The smallest absolute Gasteiger partial charge is 0.120 e. The first-order valence-corrected chi connectivity index (χ1v) is 5.10. The van der Waals surface area contributed by atoms with E-state index in [0.29, 0.717) is 17.3 Å². The van der Waals surface area contributed by atoms with E-state index in [2.05, 4.69) is 0 Å². The van der Waals surface area contributed by atoms with Crippen LogP contribution in [-0.2, 0) is 5.41 Å². The van der Waals surface area contributed by atoms with Crippen LogP contribution in [0.15, 0.2) is 18.2 Å². The normalized spacial score (nSPS) is 14.7. The van der Waals surface area contributed by atoms with Gasteiger partial charge in [-0.1, -0.05) is 24.6 Å². The third kappa shape index (κ3) is 2.43. The Bertz CT molecular complexity index is 337. The molecule has 0 heterocycles. The highest BCUT2D eigenvalue weighted by Crippen LogP contribution is 2.31. The highest BCUT2D eigenvalue weighted by Gasteiger charge is 2.26. The van der Waals surface area contributed by atoms with Crippen LogP contribution >= 0.6 is 11.6 Å². The number of benzene rings is 1. The summed E-state index contributed by atoms with van der Waals surface area (Å²) in [6.45, 7) is 2.19. The number of aliphatic hydroxyl groups is 1. The van der Waals surface area contributed by atoms with Gasteiger partial charge in [0.25, 0.3) is 0 Å². The van der Waals surface area contributed by atoms with Crippen LogP contribution in [0.25, 0.3) is 0 Å². The zero-order valence-corrected chi connectivity index (χ0v) is 9.71. The van der Waals surface area contributed by atoms with E-state index in [9.17, 15) is 5.11 Å². The van der Waals surface area contributed by atoms with E-state index >= 15 is 0 Å². The highest BCUT2D eigenvalue weighted by atomic mass is 35.5. The Morgan fingerprint density at radius 2 is 2.20 bits per heavy atom. The van der Waals surface area contributed by atoms with Gasteiger partial charge in [-0.05, 0) is 17.7 Å². The van der Waals surface area contributed by atoms with Gasteiger partial charge in [0.1, 0.15) is 5.75 Å². The van der Waals surface area contributed by atoms with Crippen molar-refractivity contribution in [1.82, 2.24) is 0 Å². The molecular weight excluding hydrogens is 214 g/mol. The molecule has 1 aromatic rings. The summed E-state index contributed by atoms with van der Waals surface area (Å²) in [5.41, 5.74) is 5.99. The number of ether oxygens (including phenoxy) is 1. The van der Waals surface area contributed by atoms with Crippen LogP contribution in [0.1, 0.15) is 12.5 Å². The minimum Gasteiger partial charge on any atom is -0.497 e. The van der Waals surface area contributed by atoms with Gasteiger partial charge in [-0.15, -0.1) is 0 Å². The van der Waals surface area contributed by atoms with E-state index in [-0.39, 0.29) is 6.61 Å². The molecule has 15 heavy (non-hydrogen) atoms. The lowest BCUT2D eigenvalue weighted by atomic mass is 9.83. The number of methoxy groups -OCH3 is 1. The highest BCUT2D eigenvalue weighted by molar-refractivity contribution is 6.31. The Morgan fingerprint density at radius 3 is 2.60 bits per heavy atom. The second-order valence-corrected chi connectivity index (χ2v) is 4.18. The Balaban J connectivity index is 3.14. The van der Waals surface area contributed by atoms with Crippen LogP contribution in [0.2, 0.25) is 5.02 Å². The molecular formula is C11H16ClNO2. The molecule has 0 aliphatic rings. The number of nitrogens with two attached hydrogens (primary N) is 1. The van der Waals surface area contributed by atoms with Gasteiger partial charge in [-0.2, -0.15) is 0 Å². The maximum atomic E-state index is 9.32. The van der Waals surface area contributed by atoms with Crippen molar-refractivity contribution in [3.05, 3.63) is 28.8 Å². The molecule has 3 nitrogen and oxygen atoms in total. The van der Waals surface area contributed by atoms with Crippen LogP contribution in [0.5, 0.6) is 5.75 Å². The van der Waals surface area contributed by atoms with Gasteiger partial charge in [0.05, 0.1) is 13.7 Å². The first kappa shape index (κ1) is 12.3. The fourth-order valence-corrected chi connectivity index (χ4v) is 1.77. The number of hydrogen-bond donors (Lipinski definition) is 2. The van der Waals surface area contributed by atoms with Crippen LogP contribution in [-0.4, -0.2) is 25.4 Å². The second-order valence-electron chi connectivity index (χ2n) is 3.77. The molecule has 0 spiro atoms. The molecule has 3 N–H and O–H groups in total. The molecule has 0 fully saturated rings. The molecule has 0 bridgehead atoms. The average Bonchev–Trinajstić information content (AvgIpc) is 2.27. The summed E-state index contributed by atoms with van der Waals surface area (Å²) in [5, 5.41) is 9.89. The molecule has 0 saturated carbocycles. The Kier molecular flexibility index (Phi) is 3.97. The quantitative estimate of drug-likeness (QED) is 0.824. The average molecular weight is 230 g/mol. The maximum absolute atomic E-state index is 9.32. The lowest BCUT2D eigenvalue weighted by molar-refractivity contribution is 0.210. The van der Waals surface area contributed by atoms with Crippen molar-refractivity contribution >= 4 is 11.6 Å². The van der Waals surface area contributed by atoms with Crippen LogP contribution in [0.3, 0.4) is 0 Å². The number of rotatable bonds is 4. The Hall–Kier alpha value is -0.770. The van der Waals surface area contributed by atoms with E-state index in [1.54, 1.807) is 13.2 Å². The van der Waals surface area contributed by atoms with Gasteiger partial charge in [0.15, 0.2) is 0 Å². The summed E-state index contributed by atoms with van der Waals surface area (Å²) in [6, 6.07) is 5.37. The first-order chi connectivity index (χ1) is 7.07. The van der Waals surface area contributed by atoms with Crippen molar-refractivity contribution in [1.29, 1.82) is 0 Å². The number of halogens is 1. The summed E-state index contributed by atoms with van der Waals surface area (Å²) < 4.78 is 5.05. The monoisotopic (exact) mass is 229 g/mol. The first-order valence-electron chi connectivity index (χ1n) is 4.72. The molecule has 0 amide bonds. The van der Waals surface area contributed by atoms with Crippen molar-refractivity contribution in [2.75, 3.05) is 20.3 Å². The topological polar surface area (TPSA) is 55.5 Å². The van der Waals surface area contributed by atoms with Gasteiger partial charge in [0, 0.05) is 17.0 Å². The van der Waals surface area contributed by atoms with Crippen molar-refractivity contribution in [3.63, 3.8) is 0 Å². The third-order valence-corrected chi connectivity index (χ3v) is 2.94. The SMILES string of the molecule is COc1ccc(C(C)(CN)CO)c(Cl)c1. The number of aliphatic hydroxyl groups excluding tert-OH is 1. The van der Waals surface area contributed by atoms with Crippen molar-refractivity contribution in [3.8, 4) is 5.75 Å². The van der Waals surface area contributed by atoms with Gasteiger partial charge in [-0.25, -0.2) is 0 Å². The second kappa shape index (κ2) is 4.84. The molecule has 0 aliphatic carbocycles. The maximum Gasteiger partial charge on any atom is 0.120 e. The molecule has 1 rings (SSSR count). The lowest BCUT2D eigenvalue weighted by Gasteiger charge is -2.27. The summed E-state index contributed by atoms with van der Waals surface area (Å²) in [7, 11) is 1.58. The summed E-state index contributed by atoms with van der Waals surface area (Å²) in [6.07, 6.45) is 0. The molecule has 0 aromatic heterocycles. The van der Waals surface area contributed by atoms with Crippen molar-refractivity contribution in [2.24, 2.45) is 5.73 Å². The van der Waals surface area contributed by atoms with E-state index in [1.807, 2.05) is 19.1 Å². The molecule has 0 radical (unpaired) electrons. The van der Waals surface area contributed by atoms with E-state index in [1.165, 1.54) is 0 Å². The van der Waals surface area contributed by atoms with Crippen LogP contribution < -0.4 is 10.5 Å². The van der Waals surface area contributed by atoms with E-state index in [4.69, 9.17) is 22.1 Å². The van der Waals surface area contributed by atoms with E-state index < -0.39 is 5.41 Å². The minimum absolute atomic E-state index is 0.0322. The van der Waals surface area contributed by atoms with Gasteiger partial charge in [0.2, 0.25) is 0 Å². The van der Waals surface area contributed by atoms with E-state index in [0.717, 1.165) is 5.56 Å². The van der Waals surface area contributed by atoms with Crippen LogP contribution in [0, 0.1) is 0 Å². The molecule has 1 atom stereocenters. The molecule has 0 aliphatic heterocycles. The molecule has 4 heteroatoms. The zero-order chi connectivity index (χ0) is 11.5. The summed E-state index contributed by atoms with van der Waals surface area (Å²) in [4.78, 5) is 0. The van der Waals surface area contributed by atoms with Crippen molar-refractivity contribution < 1.29 is 9.84 Å². The molecule has 84 valence electrons. The van der Waals surface area contributed by atoms with Gasteiger partial charge in [-0.3, -0.25) is 0 Å². The third-order valence-electron chi connectivity index (χ3n) is 2.63. The Morgan fingerprint density at radius 1 is 1.53 bits per heavy atom. The molecule has 1 unspecified atom stereocenters. The van der Waals surface area contributed by atoms with Gasteiger partial charge < -0.3 is 15.6 Å². The summed E-state index contributed by atoms with van der Waals surface area (Å²) in [5.74, 6) is 0.695. The Labute approximate surface area is 94.8 Å². The fourth-order valence-electron chi connectivity index (χ4n) is 1.37. The van der Waals surface area contributed by atoms with Gasteiger partial charge >= 0.3 is 0 Å². The molecule has 0 saturated heterocycles. The van der Waals surface area contributed by atoms with Crippen molar-refractivity contribution in [2.45, 2.75) is 12.3 Å². The predicted molar refractivity (Wildman–Crippen MR) is 61.5 cm³/mol. The zero-order valence-electron chi connectivity index (χ0n) is 8.96. The minimum atomic E-state index is -0.497.